The molecule has 1 heterocycles. The summed E-state index contributed by atoms with van der Waals surface area (Å²) in [4.78, 5) is 2.63. The second-order valence-electron chi connectivity index (χ2n) is 6.84. The molecule has 1 saturated carbocycles. The van der Waals surface area contributed by atoms with Crippen molar-refractivity contribution in [3.05, 3.63) is 0 Å². The SMILES string of the molecule is CC(C)(CCCO)CN1CC2(CCCC2)C1. The molecule has 0 radical (unpaired) electrons. The van der Waals surface area contributed by atoms with Crippen LogP contribution in [-0.2, 0) is 0 Å². The van der Waals surface area contributed by atoms with E-state index < -0.39 is 0 Å². The lowest BCUT2D eigenvalue weighted by atomic mass is 9.76. The smallest absolute Gasteiger partial charge is 0.0431 e. The Bertz CT molecular complexity index is 223. The van der Waals surface area contributed by atoms with Crippen LogP contribution in [0.1, 0.15) is 52.4 Å². The van der Waals surface area contributed by atoms with Crippen molar-refractivity contribution in [2.75, 3.05) is 26.2 Å². The second kappa shape index (κ2) is 4.66. The van der Waals surface area contributed by atoms with Gasteiger partial charge in [0.2, 0.25) is 0 Å². The topological polar surface area (TPSA) is 23.5 Å². The maximum Gasteiger partial charge on any atom is 0.0431 e. The largest absolute Gasteiger partial charge is 0.396 e. The summed E-state index contributed by atoms with van der Waals surface area (Å²) in [6.45, 7) is 8.91. The Morgan fingerprint density at radius 2 is 1.81 bits per heavy atom. The zero-order chi connectivity index (χ0) is 11.6. The van der Waals surface area contributed by atoms with Crippen LogP contribution in [0.2, 0.25) is 0 Å². The Hall–Kier alpha value is -0.0800. The lowest BCUT2D eigenvalue weighted by Gasteiger charge is -2.51. The number of nitrogens with zero attached hydrogens (tertiary/aromatic N) is 1. The third kappa shape index (κ3) is 2.78. The number of aliphatic hydroxyl groups is 1. The average molecular weight is 225 g/mol. The summed E-state index contributed by atoms with van der Waals surface area (Å²) in [6, 6.07) is 0. The number of hydrogen-bond acceptors (Lipinski definition) is 2. The first-order chi connectivity index (χ1) is 7.55. The molecule has 0 atom stereocenters. The average Bonchev–Trinajstić information content (AvgIpc) is 2.63. The summed E-state index contributed by atoms with van der Waals surface area (Å²) in [5.41, 5.74) is 1.11. The zero-order valence-corrected chi connectivity index (χ0v) is 11.0. The van der Waals surface area contributed by atoms with Gasteiger partial charge >= 0.3 is 0 Å². The molecule has 1 aliphatic carbocycles. The predicted molar refractivity (Wildman–Crippen MR) is 67.4 cm³/mol. The molecule has 0 bridgehead atoms. The molecule has 2 nitrogen and oxygen atoms in total. The molecule has 1 saturated heterocycles. The second-order valence-corrected chi connectivity index (χ2v) is 6.84. The van der Waals surface area contributed by atoms with Crippen LogP contribution in [0.4, 0.5) is 0 Å². The van der Waals surface area contributed by atoms with Crippen LogP contribution in [0.3, 0.4) is 0 Å². The number of likely N-dealkylation sites (tertiary alicyclic amines) is 1. The van der Waals surface area contributed by atoms with Crippen molar-refractivity contribution in [1.82, 2.24) is 4.90 Å². The van der Waals surface area contributed by atoms with Gasteiger partial charge in [-0.3, -0.25) is 0 Å². The molecule has 2 rings (SSSR count). The Labute approximate surface area is 100 Å². The Balaban J connectivity index is 1.71. The highest BCUT2D eigenvalue weighted by atomic mass is 16.2. The third-order valence-electron chi connectivity index (χ3n) is 4.45. The van der Waals surface area contributed by atoms with E-state index in [1.165, 1.54) is 45.3 Å². The van der Waals surface area contributed by atoms with Crippen molar-refractivity contribution in [3.63, 3.8) is 0 Å². The van der Waals surface area contributed by atoms with Crippen LogP contribution in [0.15, 0.2) is 0 Å². The van der Waals surface area contributed by atoms with Gasteiger partial charge in [0.15, 0.2) is 0 Å². The van der Waals surface area contributed by atoms with Crippen LogP contribution < -0.4 is 0 Å². The fraction of sp³-hybridized carbons (Fsp3) is 1.00. The van der Waals surface area contributed by atoms with Gasteiger partial charge in [-0.05, 0) is 36.5 Å². The normalized spacial score (nSPS) is 24.9. The first-order valence-corrected chi connectivity index (χ1v) is 6.89. The van der Waals surface area contributed by atoms with Crippen molar-refractivity contribution in [3.8, 4) is 0 Å². The molecular formula is C14H27NO. The molecule has 1 spiro atoms. The molecule has 0 aromatic rings. The summed E-state index contributed by atoms with van der Waals surface area (Å²) >= 11 is 0. The Morgan fingerprint density at radius 1 is 1.19 bits per heavy atom. The first kappa shape index (κ1) is 12.4. The molecule has 2 heteroatoms. The van der Waals surface area contributed by atoms with E-state index in [0.717, 1.165) is 18.3 Å². The van der Waals surface area contributed by atoms with Gasteiger partial charge in [-0.2, -0.15) is 0 Å². The zero-order valence-electron chi connectivity index (χ0n) is 11.0. The number of aliphatic hydroxyl groups excluding tert-OH is 1. The van der Waals surface area contributed by atoms with E-state index in [0.29, 0.717) is 12.0 Å². The highest BCUT2D eigenvalue weighted by Gasteiger charge is 2.45. The highest BCUT2D eigenvalue weighted by molar-refractivity contribution is 4.98. The molecule has 0 aromatic carbocycles. The first-order valence-electron chi connectivity index (χ1n) is 6.89. The molecule has 0 amide bonds. The molecule has 16 heavy (non-hydrogen) atoms. The maximum absolute atomic E-state index is 8.89. The van der Waals surface area contributed by atoms with Crippen LogP contribution in [0.5, 0.6) is 0 Å². The van der Waals surface area contributed by atoms with E-state index in [-0.39, 0.29) is 0 Å². The van der Waals surface area contributed by atoms with Gasteiger partial charge in [-0.15, -0.1) is 0 Å². The van der Waals surface area contributed by atoms with Gasteiger partial charge in [0.1, 0.15) is 0 Å². The summed E-state index contributed by atoms with van der Waals surface area (Å²) in [6.07, 6.45) is 7.96. The van der Waals surface area contributed by atoms with E-state index >= 15 is 0 Å². The van der Waals surface area contributed by atoms with Crippen molar-refractivity contribution >= 4 is 0 Å². The Kier molecular flexibility index (Phi) is 3.60. The Morgan fingerprint density at radius 3 is 2.38 bits per heavy atom. The van der Waals surface area contributed by atoms with Crippen LogP contribution in [0, 0.1) is 10.8 Å². The molecule has 1 aliphatic heterocycles. The summed E-state index contributed by atoms with van der Waals surface area (Å²) < 4.78 is 0. The van der Waals surface area contributed by atoms with Gasteiger partial charge in [0.05, 0.1) is 0 Å². The van der Waals surface area contributed by atoms with E-state index in [1.807, 2.05) is 0 Å². The van der Waals surface area contributed by atoms with Gasteiger partial charge in [-0.25, -0.2) is 0 Å². The quantitative estimate of drug-likeness (QED) is 0.777. The molecule has 94 valence electrons. The molecular weight excluding hydrogens is 198 g/mol. The van der Waals surface area contributed by atoms with Crippen LogP contribution in [-0.4, -0.2) is 36.2 Å². The fourth-order valence-corrected chi connectivity index (χ4v) is 3.70. The minimum atomic E-state index is 0.341. The summed E-state index contributed by atoms with van der Waals surface area (Å²) in [5.74, 6) is 0. The lowest BCUT2D eigenvalue weighted by molar-refractivity contribution is -0.0202. The predicted octanol–water partition coefficient (Wildman–Crippen LogP) is 2.66. The van der Waals surface area contributed by atoms with Gasteiger partial charge in [-0.1, -0.05) is 26.7 Å². The van der Waals surface area contributed by atoms with E-state index in [1.54, 1.807) is 0 Å². The van der Waals surface area contributed by atoms with Crippen molar-refractivity contribution in [1.29, 1.82) is 0 Å². The number of hydrogen-bond donors (Lipinski definition) is 1. The molecule has 0 unspecified atom stereocenters. The van der Waals surface area contributed by atoms with E-state index in [9.17, 15) is 0 Å². The van der Waals surface area contributed by atoms with Crippen LogP contribution >= 0.6 is 0 Å². The van der Waals surface area contributed by atoms with Gasteiger partial charge in [0, 0.05) is 26.2 Å². The van der Waals surface area contributed by atoms with Gasteiger partial charge < -0.3 is 10.0 Å². The minimum Gasteiger partial charge on any atom is -0.396 e. The number of rotatable bonds is 5. The summed E-state index contributed by atoms with van der Waals surface area (Å²) in [7, 11) is 0. The minimum absolute atomic E-state index is 0.341. The monoisotopic (exact) mass is 225 g/mol. The molecule has 0 aromatic heterocycles. The van der Waals surface area contributed by atoms with Crippen LogP contribution in [0.25, 0.3) is 0 Å². The maximum atomic E-state index is 8.89. The fourth-order valence-electron chi connectivity index (χ4n) is 3.70. The van der Waals surface area contributed by atoms with E-state index in [2.05, 4.69) is 18.7 Å². The lowest BCUT2D eigenvalue weighted by Crippen LogP contribution is -2.57. The van der Waals surface area contributed by atoms with Crippen molar-refractivity contribution < 1.29 is 5.11 Å². The molecule has 1 N–H and O–H groups in total. The third-order valence-corrected chi connectivity index (χ3v) is 4.45. The van der Waals surface area contributed by atoms with Crippen molar-refractivity contribution in [2.45, 2.75) is 52.4 Å². The van der Waals surface area contributed by atoms with E-state index in [4.69, 9.17) is 5.11 Å². The molecule has 2 aliphatic rings. The van der Waals surface area contributed by atoms with Gasteiger partial charge in [0.25, 0.3) is 0 Å². The summed E-state index contributed by atoms with van der Waals surface area (Å²) in [5, 5.41) is 8.89. The molecule has 2 fully saturated rings. The van der Waals surface area contributed by atoms with Crippen molar-refractivity contribution in [2.24, 2.45) is 10.8 Å². The highest BCUT2D eigenvalue weighted by Crippen LogP contribution is 2.46. The standard InChI is InChI=1S/C14H27NO/c1-13(2,6-5-9-16)10-15-11-14(12-15)7-3-4-8-14/h16H,3-12H2,1-2H3.